The van der Waals surface area contributed by atoms with E-state index in [1.54, 1.807) is 19.2 Å². The van der Waals surface area contributed by atoms with Crippen LogP contribution in [0.2, 0.25) is 5.02 Å². The monoisotopic (exact) mass is 240 g/mol. The quantitative estimate of drug-likeness (QED) is 0.880. The van der Waals surface area contributed by atoms with Gasteiger partial charge >= 0.3 is 5.97 Å². The van der Waals surface area contributed by atoms with Gasteiger partial charge in [0.1, 0.15) is 5.75 Å². The summed E-state index contributed by atoms with van der Waals surface area (Å²) < 4.78 is 5.20. The minimum Gasteiger partial charge on any atom is -0.496 e. The largest absolute Gasteiger partial charge is 0.496 e. The fourth-order valence-electron chi connectivity index (χ4n) is 1.85. The van der Waals surface area contributed by atoms with Crippen molar-refractivity contribution in [3.8, 4) is 5.75 Å². The third-order valence-electron chi connectivity index (χ3n) is 3.09. The van der Waals surface area contributed by atoms with Crippen LogP contribution in [-0.4, -0.2) is 18.2 Å². The number of hydrogen-bond acceptors (Lipinski definition) is 2. The smallest absolute Gasteiger partial charge is 0.309 e. The van der Waals surface area contributed by atoms with Crippen LogP contribution in [0.1, 0.15) is 18.4 Å². The fourth-order valence-corrected chi connectivity index (χ4v) is 2.01. The van der Waals surface area contributed by atoms with Gasteiger partial charge in [-0.2, -0.15) is 0 Å². The number of aliphatic carboxylic acids is 1. The van der Waals surface area contributed by atoms with E-state index in [1.807, 2.05) is 6.07 Å². The van der Waals surface area contributed by atoms with Crippen molar-refractivity contribution >= 4 is 17.6 Å². The summed E-state index contributed by atoms with van der Waals surface area (Å²) in [5.74, 6) is -0.0514. The van der Waals surface area contributed by atoms with Crippen molar-refractivity contribution in [1.29, 1.82) is 0 Å². The molecule has 0 amide bonds. The molecular formula is C12H13ClO3. The highest BCUT2D eigenvalue weighted by molar-refractivity contribution is 6.30. The normalized spacial score (nSPS) is 16.9. The molecule has 1 N–H and O–H groups in total. The predicted molar refractivity (Wildman–Crippen MR) is 61.0 cm³/mol. The topological polar surface area (TPSA) is 46.5 Å². The predicted octanol–water partition coefficient (Wildman–Crippen LogP) is 2.76. The number of rotatable bonds is 4. The summed E-state index contributed by atoms with van der Waals surface area (Å²) in [5.41, 5.74) is 0.341. The average molecular weight is 241 g/mol. The second-order valence-electron chi connectivity index (χ2n) is 4.22. The van der Waals surface area contributed by atoms with Crippen molar-refractivity contribution in [2.75, 3.05) is 7.11 Å². The van der Waals surface area contributed by atoms with E-state index < -0.39 is 11.4 Å². The zero-order chi connectivity index (χ0) is 11.8. The maximum absolute atomic E-state index is 11.1. The molecule has 1 aromatic rings. The first kappa shape index (κ1) is 11.3. The Balaban J connectivity index is 2.25. The first-order valence-corrected chi connectivity index (χ1v) is 5.51. The highest BCUT2D eigenvalue weighted by Crippen LogP contribution is 2.49. The van der Waals surface area contributed by atoms with Gasteiger partial charge in [-0.25, -0.2) is 0 Å². The van der Waals surface area contributed by atoms with Crippen molar-refractivity contribution in [3.05, 3.63) is 28.8 Å². The van der Waals surface area contributed by atoms with E-state index in [-0.39, 0.29) is 0 Å². The van der Waals surface area contributed by atoms with E-state index in [2.05, 4.69) is 0 Å². The maximum atomic E-state index is 11.1. The summed E-state index contributed by atoms with van der Waals surface area (Å²) in [6.07, 6.45) is 2.00. The molecule has 2 rings (SSSR count). The van der Waals surface area contributed by atoms with E-state index in [1.165, 1.54) is 0 Å². The van der Waals surface area contributed by atoms with E-state index >= 15 is 0 Å². The Kier molecular flexibility index (Phi) is 2.80. The van der Waals surface area contributed by atoms with Gasteiger partial charge < -0.3 is 9.84 Å². The van der Waals surface area contributed by atoms with E-state index in [9.17, 15) is 4.79 Å². The molecule has 0 unspecified atom stereocenters. The van der Waals surface area contributed by atoms with Crippen molar-refractivity contribution in [3.63, 3.8) is 0 Å². The Morgan fingerprint density at radius 3 is 2.75 bits per heavy atom. The van der Waals surface area contributed by atoms with Gasteiger partial charge in [-0.3, -0.25) is 4.79 Å². The molecule has 1 aromatic carbocycles. The third kappa shape index (κ3) is 2.00. The summed E-state index contributed by atoms with van der Waals surface area (Å²) in [6.45, 7) is 0. The number of benzene rings is 1. The Morgan fingerprint density at radius 2 is 2.25 bits per heavy atom. The zero-order valence-electron chi connectivity index (χ0n) is 9.00. The van der Waals surface area contributed by atoms with Crippen molar-refractivity contribution in [2.45, 2.75) is 19.3 Å². The summed E-state index contributed by atoms with van der Waals surface area (Å²) in [5, 5.41) is 9.71. The van der Waals surface area contributed by atoms with Gasteiger partial charge in [-0.15, -0.1) is 0 Å². The lowest BCUT2D eigenvalue weighted by Crippen LogP contribution is -2.17. The molecule has 0 heterocycles. The van der Waals surface area contributed by atoms with Gasteiger partial charge in [0, 0.05) is 5.02 Å². The number of carboxylic acids is 1. The fraction of sp³-hybridized carbons (Fsp3) is 0.417. The highest BCUT2D eigenvalue weighted by Gasteiger charge is 2.50. The lowest BCUT2D eigenvalue weighted by molar-refractivity contribution is -0.143. The second-order valence-corrected chi connectivity index (χ2v) is 4.65. The summed E-state index contributed by atoms with van der Waals surface area (Å²) in [4.78, 5) is 11.1. The number of carboxylic acid groups (broad SMARTS) is 1. The molecule has 0 aromatic heterocycles. The van der Waals surface area contributed by atoms with Crippen molar-refractivity contribution < 1.29 is 14.6 Å². The van der Waals surface area contributed by atoms with E-state index in [4.69, 9.17) is 21.4 Å². The van der Waals surface area contributed by atoms with Crippen LogP contribution in [0.4, 0.5) is 0 Å². The molecule has 0 radical (unpaired) electrons. The number of hydrogen-bond donors (Lipinski definition) is 1. The minimum absolute atomic E-state index is 0.517. The van der Waals surface area contributed by atoms with Crippen LogP contribution < -0.4 is 4.74 Å². The molecule has 0 aliphatic heterocycles. The molecule has 3 nitrogen and oxygen atoms in total. The molecule has 1 aliphatic carbocycles. The van der Waals surface area contributed by atoms with Crippen molar-refractivity contribution in [2.24, 2.45) is 5.41 Å². The molecule has 0 atom stereocenters. The summed E-state index contributed by atoms with van der Waals surface area (Å²) in [7, 11) is 1.56. The molecule has 86 valence electrons. The number of carbonyl (C=O) groups is 1. The molecule has 1 aliphatic rings. The molecule has 4 heteroatoms. The first-order chi connectivity index (χ1) is 7.57. The average Bonchev–Trinajstić information content (AvgIpc) is 3.02. The number of ether oxygens (including phenoxy) is 1. The Bertz CT molecular complexity index is 424. The molecule has 0 bridgehead atoms. The van der Waals surface area contributed by atoms with Crippen molar-refractivity contribution in [1.82, 2.24) is 0 Å². The Labute approximate surface area is 99.0 Å². The minimum atomic E-state index is -0.718. The lowest BCUT2D eigenvalue weighted by Gasteiger charge is -2.13. The lowest BCUT2D eigenvalue weighted by atomic mass is 9.96. The van der Waals surface area contributed by atoms with E-state index in [0.29, 0.717) is 17.2 Å². The Morgan fingerprint density at radius 1 is 1.56 bits per heavy atom. The molecule has 0 saturated heterocycles. The van der Waals surface area contributed by atoms with Gasteiger partial charge in [-0.1, -0.05) is 17.7 Å². The SMILES string of the molecule is COc1cc(Cl)ccc1CC1(C(=O)O)CC1. The van der Waals surface area contributed by atoms with Crippen LogP contribution in [0.5, 0.6) is 5.75 Å². The van der Waals surface area contributed by atoms with Gasteiger partial charge in [0.2, 0.25) is 0 Å². The molecule has 16 heavy (non-hydrogen) atoms. The van der Waals surface area contributed by atoms with Gasteiger partial charge in [0.25, 0.3) is 0 Å². The van der Waals surface area contributed by atoms with Crippen LogP contribution in [0, 0.1) is 5.41 Å². The Hall–Kier alpha value is -1.22. The van der Waals surface area contributed by atoms with Crippen LogP contribution in [0.25, 0.3) is 0 Å². The first-order valence-electron chi connectivity index (χ1n) is 5.13. The molecule has 0 spiro atoms. The van der Waals surface area contributed by atoms with Crippen LogP contribution in [0.15, 0.2) is 18.2 Å². The number of methoxy groups -OCH3 is 1. The number of halogens is 1. The highest BCUT2D eigenvalue weighted by atomic mass is 35.5. The summed E-state index contributed by atoms with van der Waals surface area (Å²) >= 11 is 5.85. The summed E-state index contributed by atoms with van der Waals surface area (Å²) in [6, 6.07) is 5.32. The van der Waals surface area contributed by atoms with Gasteiger partial charge in [0.05, 0.1) is 12.5 Å². The van der Waals surface area contributed by atoms with Crippen LogP contribution in [-0.2, 0) is 11.2 Å². The molecular weight excluding hydrogens is 228 g/mol. The van der Waals surface area contributed by atoms with Gasteiger partial charge in [-0.05, 0) is 37.0 Å². The maximum Gasteiger partial charge on any atom is 0.309 e. The van der Waals surface area contributed by atoms with E-state index in [0.717, 1.165) is 18.4 Å². The van der Waals surface area contributed by atoms with Crippen LogP contribution in [0.3, 0.4) is 0 Å². The standard InChI is InChI=1S/C12H13ClO3/c1-16-10-6-9(13)3-2-8(10)7-12(4-5-12)11(14)15/h2-3,6H,4-5,7H2,1H3,(H,14,15). The third-order valence-corrected chi connectivity index (χ3v) is 3.32. The second kappa shape index (κ2) is 3.98. The molecule has 1 saturated carbocycles. The molecule has 1 fully saturated rings. The zero-order valence-corrected chi connectivity index (χ0v) is 9.75. The van der Waals surface area contributed by atoms with Crippen LogP contribution >= 0.6 is 11.6 Å². The van der Waals surface area contributed by atoms with Gasteiger partial charge in [0.15, 0.2) is 0 Å².